The van der Waals surface area contributed by atoms with Crippen LogP contribution in [0.5, 0.6) is 5.75 Å². The topological polar surface area (TPSA) is 95.5 Å². The molecule has 0 aliphatic rings. The van der Waals surface area contributed by atoms with Crippen molar-refractivity contribution in [3.63, 3.8) is 0 Å². The summed E-state index contributed by atoms with van der Waals surface area (Å²) in [7, 11) is -3.70. The van der Waals surface area contributed by atoms with E-state index in [4.69, 9.17) is 11.6 Å². The number of nitrogens with one attached hydrogen (secondary N) is 2. The van der Waals surface area contributed by atoms with Gasteiger partial charge in [0, 0.05) is 18.0 Å². The Balaban J connectivity index is 1.89. The van der Waals surface area contributed by atoms with Crippen molar-refractivity contribution < 1.29 is 18.3 Å². The van der Waals surface area contributed by atoms with Crippen LogP contribution in [0.4, 0.5) is 5.69 Å². The smallest absolute Gasteiger partial charge is 0.240 e. The van der Waals surface area contributed by atoms with Crippen LogP contribution in [0.2, 0.25) is 5.02 Å². The summed E-state index contributed by atoms with van der Waals surface area (Å²) in [5.41, 5.74) is 1.15. The number of anilines is 1. The monoisotopic (exact) mass is 368 g/mol. The molecule has 8 heteroatoms. The summed E-state index contributed by atoms with van der Waals surface area (Å²) >= 11 is 5.72. The van der Waals surface area contributed by atoms with E-state index in [0.717, 1.165) is 5.56 Å². The summed E-state index contributed by atoms with van der Waals surface area (Å²) in [4.78, 5) is 11.9. The lowest BCUT2D eigenvalue weighted by Crippen LogP contribution is -2.27. The summed E-state index contributed by atoms with van der Waals surface area (Å²) < 4.78 is 26.4. The zero-order chi connectivity index (χ0) is 17.7. The Bertz CT molecular complexity index is 836. The second-order valence-corrected chi connectivity index (χ2v) is 7.37. The maximum atomic E-state index is 12.0. The fourth-order valence-electron chi connectivity index (χ4n) is 1.96. The predicted molar refractivity (Wildman–Crippen MR) is 92.7 cm³/mol. The van der Waals surface area contributed by atoms with Gasteiger partial charge in [-0.1, -0.05) is 17.7 Å². The van der Waals surface area contributed by atoms with E-state index >= 15 is 0 Å². The molecule has 24 heavy (non-hydrogen) atoms. The predicted octanol–water partition coefficient (Wildman–Crippen LogP) is 2.66. The Labute approximate surface area is 145 Å². The number of aromatic hydroxyl groups is 1. The van der Waals surface area contributed by atoms with E-state index in [1.165, 1.54) is 30.3 Å². The van der Waals surface area contributed by atoms with Gasteiger partial charge in [-0.05, 0) is 48.9 Å². The van der Waals surface area contributed by atoms with Crippen molar-refractivity contribution in [2.75, 3.05) is 11.9 Å². The minimum absolute atomic E-state index is 0.0369. The molecule has 0 spiro atoms. The molecule has 0 aliphatic heterocycles. The second kappa shape index (κ2) is 7.65. The zero-order valence-electron chi connectivity index (χ0n) is 12.9. The van der Waals surface area contributed by atoms with Crippen LogP contribution < -0.4 is 10.0 Å². The number of halogens is 1. The van der Waals surface area contributed by atoms with Crippen LogP contribution in [-0.4, -0.2) is 26.0 Å². The van der Waals surface area contributed by atoms with Crippen molar-refractivity contribution in [2.45, 2.75) is 18.2 Å². The van der Waals surface area contributed by atoms with Crippen molar-refractivity contribution in [1.82, 2.24) is 4.72 Å². The van der Waals surface area contributed by atoms with Gasteiger partial charge < -0.3 is 10.4 Å². The van der Waals surface area contributed by atoms with Crippen molar-refractivity contribution in [3.8, 4) is 5.75 Å². The number of hydrogen-bond acceptors (Lipinski definition) is 4. The number of rotatable bonds is 6. The number of benzene rings is 2. The molecular formula is C16H17ClN2O4S. The normalized spacial score (nSPS) is 11.2. The fourth-order valence-corrected chi connectivity index (χ4v) is 3.11. The Morgan fingerprint density at radius 2 is 1.83 bits per heavy atom. The molecule has 3 N–H and O–H groups in total. The minimum atomic E-state index is -3.70. The number of carbonyl (C=O) groups is 1. The average Bonchev–Trinajstić information content (AvgIpc) is 2.50. The molecule has 6 nitrogen and oxygen atoms in total. The summed E-state index contributed by atoms with van der Waals surface area (Å²) in [6.07, 6.45) is -0.0693. The standard InChI is InChI=1S/C16H17ClN2O4S/c1-11-2-7-14(15(20)10-11)19-16(21)8-9-18-24(22,23)13-5-3-12(17)4-6-13/h2-7,10,18,20H,8-9H2,1H3,(H,19,21). The SMILES string of the molecule is Cc1ccc(NC(=O)CCNS(=O)(=O)c2ccc(Cl)cc2)c(O)c1. The highest BCUT2D eigenvalue weighted by atomic mass is 35.5. The van der Waals surface area contributed by atoms with Crippen LogP contribution in [0.25, 0.3) is 0 Å². The third-order valence-corrected chi connectivity index (χ3v) is 4.92. The summed E-state index contributed by atoms with van der Waals surface area (Å²) in [5, 5.41) is 12.7. The number of hydrogen-bond donors (Lipinski definition) is 3. The third-order valence-electron chi connectivity index (χ3n) is 3.20. The first-order valence-electron chi connectivity index (χ1n) is 7.12. The number of aryl methyl sites for hydroxylation is 1. The summed E-state index contributed by atoms with van der Waals surface area (Å²) in [5.74, 6) is -0.446. The van der Waals surface area contributed by atoms with E-state index in [1.54, 1.807) is 12.1 Å². The number of sulfonamides is 1. The van der Waals surface area contributed by atoms with Gasteiger partial charge in [-0.15, -0.1) is 0 Å². The first-order valence-corrected chi connectivity index (χ1v) is 8.99. The van der Waals surface area contributed by atoms with Crippen LogP contribution in [0, 0.1) is 6.92 Å². The second-order valence-electron chi connectivity index (χ2n) is 5.17. The van der Waals surface area contributed by atoms with E-state index in [0.29, 0.717) is 5.02 Å². The molecule has 1 amide bonds. The van der Waals surface area contributed by atoms with Gasteiger partial charge in [0.1, 0.15) is 5.75 Å². The van der Waals surface area contributed by atoms with Crippen molar-refractivity contribution >= 4 is 33.2 Å². The van der Waals surface area contributed by atoms with Crippen LogP contribution in [0.15, 0.2) is 47.4 Å². The molecule has 0 atom stereocenters. The molecule has 0 fully saturated rings. The van der Waals surface area contributed by atoms with Crippen molar-refractivity contribution in [1.29, 1.82) is 0 Å². The quantitative estimate of drug-likeness (QED) is 0.683. The van der Waals surface area contributed by atoms with E-state index in [-0.39, 0.29) is 29.3 Å². The lowest BCUT2D eigenvalue weighted by molar-refractivity contribution is -0.116. The minimum Gasteiger partial charge on any atom is -0.506 e. The molecule has 0 radical (unpaired) electrons. The molecule has 128 valence electrons. The van der Waals surface area contributed by atoms with Gasteiger partial charge in [-0.25, -0.2) is 13.1 Å². The fraction of sp³-hybridized carbons (Fsp3) is 0.188. The number of phenols is 1. The van der Waals surface area contributed by atoms with Crippen molar-refractivity contribution in [3.05, 3.63) is 53.1 Å². The van der Waals surface area contributed by atoms with Gasteiger partial charge in [0.05, 0.1) is 10.6 Å². The van der Waals surface area contributed by atoms with Gasteiger partial charge in [-0.2, -0.15) is 0 Å². The Morgan fingerprint density at radius 3 is 2.46 bits per heavy atom. The third kappa shape index (κ3) is 4.95. The highest BCUT2D eigenvalue weighted by Crippen LogP contribution is 2.23. The van der Waals surface area contributed by atoms with Crippen LogP contribution in [-0.2, 0) is 14.8 Å². The molecular weight excluding hydrogens is 352 g/mol. The molecule has 2 aromatic rings. The highest BCUT2D eigenvalue weighted by molar-refractivity contribution is 7.89. The molecule has 0 saturated carbocycles. The zero-order valence-corrected chi connectivity index (χ0v) is 14.5. The van der Waals surface area contributed by atoms with E-state index in [9.17, 15) is 18.3 Å². The number of phenolic OH excluding ortho intramolecular Hbond substituents is 1. The van der Waals surface area contributed by atoms with E-state index in [1.807, 2.05) is 6.92 Å². The molecule has 2 rings (SSSR count). The first kappa shape index (κ1) is 18.3. The Kier molecular flexibility index (Phi) is 5.82. The Morgan fingerprint density at radius 1 is 1.17 bits per heavy atom. The maximum absolute atomic E-state index is 12.0. The van der Waals surface area contributed by atoms with Gasteiger partial charge in [0.25, 0.3) is 0 Å². The molecule has 2 aromatic carbocycles. The maximum Gasteiger partial charge on any atom is 0.240 e. The lowest BCUT2D eigenvalue weighted by atomic mass is 10.2. The molecule has 0 aliphatic carbocycles. The molecule has 0 unspecified atom stereocenters. The molecule has 0 aromatic heterocycles. The molecule has 0 heterocycles. The Hall–Kier alpha value is -2.09. The first-order chi connectivity index (χ1) is 11.3. The highest BCUT2D eigenvalue weighted by Gasteiger charge is 2.14. The van der Waals surface area contributed by atoms with Gasteiger partial charge in [0.15, 0.2) is 0 Å². The summed E-state index contributed by atoms with van der Waals surface area (Å²) in [6, 6.07) is 10.6. The summed E-state index contributed by atoms with van der Waals surface area (Å²) in [6.45, 7) is 1.75. The number of amides is 1. The van der Waals surface area contributed by atoms with Gasteiger partial charge >= 0.3 is 0 Å². The number of carbonyl (C=O) groups excluding carboxylic acids is 1. The van der Waals surface area contributed by atoms with Gasteiger partial charge in [-0.3, -0.25) is 4.79 Å². The van der Waals surface area contributed by atoms with Crippen LogP contribution in [0.3, 0.4) is 0 Å². The van der Waals surface area contributed by atoms with Crippen LogP contribution in [0.1, 0.15) is 12.0 Å². The lowest BCUT2D eigenvalue weighted by Gasteiger charge is -2.09. The van der Waals surface area contributed by atoms with E-state index < -0.39 is 15.9 Å². The van der Waals surface area contributed by atoms with Crippen LogP contribution >= 0.6 is 11.6 Å². The molecule has 0 bridgehead atoms. The van der Waals surface area contributed by atoms with E-state index in [2.05, 4.69) is 10.0 Å². The largest absolute Gasteiger partial charge is 0.506 e. The molecule has 0 saturated heterocycles. The van der Waals surface area contributed by atoms with Gasteiger partial charge in [0.2, 0.25) is 15.9 Å². The van der Waals surface area contributed by atoms with Crippen molar-refractivity contribution in [2.24, 2.45) is 0 Å². The average molecular weight is 369 g/mol.